The van der Waals surface area contributed by atoms with Gasteiger partial charge in [0, 0.05) is 13.1 Å². The van der Waals surface area contributed by atoms with Crippen LogP contribution >= 0.6 is 0 Å². The highest BCUT2D eigenvalue weighted by Gasteiger charge is 2.22. The molecule has 0 atom stereocenters. The number of hydrogen-bond donors (Lipinski definition) is 0. The van der Waals surface area contributed by atoms with Crippen molar-refractivity contribution in [2.75, 3.05) is 7.05 Å². The van der Waals surface area contributed by atoms with Gasteiger partial charge in [-0.25, -0.2) is 4.98 Å². The average molecular weight is 299 g/mol. The van der Waals surface area contributed by atoms with E-state index < -0.39 is 0 Å². The van der Waals surface area contributed by atoms with Crippen molar-refractivity contribution >= 4 is 16.8 Å². The van der Waals surface area contributed by atoms with E-state index >= 15 is 0 Å². The molecule has 0 aliphatic heterocycles. The molecule has 1 heterocycles. The largest absolute Gasteiger partial charge is 0.341 e. The average Bonchev–Trinajstić information content (AvgIpc) is 2.57. The smallest absolute Gasteiger partial charge is 0.261 e. The van der Waals surface area contributed by atoms with Crippen molar-refractivity contribution in [1.82, 2.24) is 14.5 Å². The third kappa shape index (κ3) is 2.89. The summed E-state index contributed by atoms with van der Waals surface area (Å²) < 4.78 is 1.41. The summed E-state index contributed by atoms with van der Waals surface area (Å²) in [5.74, 6) is -0.0221. The van der Waals surface area contributed by atoms with Crippen molar-refractivity contribution < 1.29 is 4.79 Å². The fourth-order valence-corrected chi connectivity index (χ4v) is 3.15. The second-order valence-electron chi connectivity index (χ2n) is 5.99. The van der Waals surface area contributed by atoms with Crippen LogP contribution in [0.3, 0.4) is 0 Å². The molecule has 5 nitrogen and oxygen atoms in total. The van der Waals surface area contributed by atoms with Crippen LogP contribution in [0.5, 0.6) is 0 Å². The van der Waals surface area contributed by atoms with E-state index in [2.05, 4.69) is 4.98 Å². The third-order valence-electron chi connectivity index (χ3n) is 4.55. The van der Waals surface area contributed by atoms with Crippen molar-refractivity contribution in [3.05, 3.63) is 40.9 Å². The van der Waals surface area contributed by atoms with Gasteiger partial charge in [0.15, 0.2) is 0 Å². The molecule has 0 bridgehead atoms. The first-order chi connectivity index (χ1) is 10.7. The van der Waals surface area contributed by atoms with Gasteiger partial charge >= 0.3 is 0 Å². The Bertz CT molecular complexity index is 732. The molecule has 1 aromatic heterocycles. The van der Waals surface area contributed by atoms with Gasteiger partial charge < -0.3 is 4.90 Å². The molecule has 5 heteroatoms. The van der Waals surface area contributed by atoms with E-state index in [-0.39, 0.29) is 18.0 Å². The lowest BCUT2D eigenvalue weighted by molar-refractivity contribution is -0.133. The lowest BCUT2D eigenvalue weighted by Gasteiger charge is -2.31. The predicted molar refractivity (Wildman–Crippen MR) is 85.6 cm³/mol. The number of carbonyl (C=O) groups excluding carboxylic acids is 1. The SMILES string of the molecule is CN(C(=O)Cn1cnc2ccccc2c1=O)C1CCCCC1. The summed E-state index contributed by atoms with van der Waals surface area (Å²) in [7, 11) is 1.85. The van der Waals surface area contributed by atoms with Gasteiger partial charge in [0.1, 0.15) is 6.54 Å². The Labute approximate surface area is 129 Å². The van der Waals surface area contributed by atoms with Crippen LogP contribution in [0.4, 0.5) is 0 Å². The highest BCUT2D eigenvalue weighted by Crippen LogP contribution is 2.21. The monoisotopic (exact) mass is 299 g/mol. The highest BCUT2D eigenvalue weighted by atomic mass is 16.2. The number of hydrogen-bond acceptors (Lipinski definition) is 3. The van der Waals surface area contributed by atoms with E-state index in [4.69, 9.17) is 0 Å². The third-order valence-corrected chi connectivity index (χ3v) is 4.55. The summed E-state index contributed by atoms with van der Waals surface area (Å²) in [5.41, 5.74) is 0.507. The molecular weight excluding hydrogens is 278 g/mol. The number of amides is 1. The minimum absolute atomic E-state index is 0.0221. The first-order valence-electron chi connectivity index (χ1n) is 7.86. The molecule has 1 aliphatic carbocycles. The molecule has 1 aromatic carbocycles. The van der Waals surface area contributed by atoms with Crippen molar-refractivity contribution in [2.24, 2.45) is 0 Å². The maximum absolute atomic E-state index is 12.4. The second kappa shape index (κ2) is 6.30. The van der Waals surface area contributed by atoms with E-state index in [1.807, 2.05) is 19.2 Å². The Morgan fingerprint density at radius 2 is 2.00 bits per heavy atom. The van der Waals surface area contributed by atoms with Crippen LogP contribution in [-0.2, 0) is 11.3 Å². The van der Waals surface area contributed by atoms with Crippen LogP contribution in [0.15, 0.2) is 35.4 Å². The van der Waals surface area contributed by atoms with Gasteiger partial charge in [-0.3, -0.25) is 14.2 Å². The summed E-state index contributed by atoms with van der Waals surface area (Å²) in [5, 5.41) is 0.554. The number of para-hydroxylation sites is 1. The molecule has 0 radical (unpaired) electrons. The molecule has 22 heavy (non-hydrogen) atoms. The zero-order chi connectivity index (χ0) is 15.5. The zero-order valence-electron chi connectivity index (χ0n) is 12.9. The van der Waals surface area contributed by atoms with Gasteiger partial charge in [0.25, 0.3) is 5.56 Å². The molecule has 0 saturated heterocycles. The number of carbonyl (C=O) groups is 1. The highest BCUT2D eigenvalue weighted by molar-refractivity contribution is 5.79. The summed E-state index contributed by atoms with van der Waals surface area (Å²) in [4.78, 5) is 30.9. The molecule has 0 N–H and O–H groups in total. The zero-order valence-corrected chi connectivity index (χ0v) is 12.9. The molecule has 2 aromatic rings. The molecule has 1 saturated carbocycles. The first-order valence-corrected chi connectivity index (χ1v) is 7.86. The van der Waals surface area contributed by atoms with Crippen LogP contribution in [0.25, 0.3) is 10.9 Å². The van der Waals surface area contributed by atoms with Crippen molar-refractivity contribution in [1.29, 1.82) is 0 Å². The Hall–Kier alpha value is -2.17. The quantitative estimate of drug-likeness (QED) is 0.873. The van der Waals surface area contributed by atoms with Gasteiger partial charge in [-0.2, -0.15) is 0 Å². The fourth-order valence-electron chi connectivity index (χ4n) is 3.15. The minimum atomic E-state index is -0.156. The number of benzene rings is 1. The molecule has 1 amide bonds. The number of rotatable bonds is 3. The van der Waals surface area contributed by atoms with Crippen LogP contribution in [-0.4, -0.2) is 33.4 Å². The Balaban J connectivity index is 1.79. The van der Waals surface area contributed by atoms with E-state index in [0.29, 0.717) is 16.9 Å². The van der Waals surface area contributed by atoms with E-state index in [0.717, 1.165) is 12.8 Å². The molecule has 116 valence electrons. The predicted octanol–water partition coefficient (Wildman–Crippen LogP) is 2.19. The topological polar surface area (TPSA) is 55.2 Å². The molecule has 0 spiro atoms. The number of nitrogens with zero attached hydrogens (tertiary/aromatic N) is 3. The number of likely N-dealkylation sites (N-methyl/N-ethyl adjacent to an activating group) is 1. The van der Waals surface area contributed by atoms with Gasteiger partial charge in [-0.15, -0.1) is 0 Å². The van der Waals surface area contributed by atoms with Crippen molar-refractivity contribution in [2.45, 2.75) is 44.7 Å². The summed E-state index contributed by atoms with van der Waals surface area (Å²) in [6.45, 7) is 0.0592. The van der Waals surface area contributed by atoms with Crippen LogP contribution in [0.2, 0.25) is 0 Å². The second-order valence-corrected chi connectivity index (χ2v) is 5.99. The molecule has 0 unspecified atom stereocenters. The van der Waals surface area contributed by atoms with Crippen molar-refractivity contribution in [3.8, 4) is 0 Å². The lowest BCUT2D eigenvalue weighted by atomic mass is 9.94. The summed E-state index contributed by atoms with van der Waals surface area (Å²) >= 11 is 0. The Kier molecular flexibility index (Phi) is 4.22. The normalized spacial score (nSPS) is 15.9. The number of aromatic nitrogens is 2. The van der Waals surface area contributed by atoms with Gasteiger partial charge in [0.05, 0.1) is 17.2 Å². The van der Waals surface area contributed by atoms with Crippen molar-refractivity contribution in [3.63, 3.8) is 0 Å². The fraction of sp³-hybridized carbons (Fsp3) is 0.471. The molecule has 1 aliphatic rings. The van der Waals surface area contributed by atoms with E-state index in [9.17, 15) is 9.59 Å². The molecule has 1 fully saturated rings. The molecule has 3 rings (SSSR count). The van der Waals surface area contributed by atoms with Gasteiger partial charge in [0.2, 0.25) is 5.91 Å². The maximum Gasteiger partial charge on any atom is 0.261 e. The summed E-state index contributed by atoms with van der Waals surface area (Å²) in [6.07, 6.45) is 7.21. The minimum Gasteiger partial charge on any atom is -0.341 e. The van der Waals surface area contributed by atoms with Crippen LogP contribution in [0.1, 0.15) is 32.1 Å². The van der Waals surface area contributed by atoms with Gasteiger partial charge in [-0.1, -0.05) is 31.4 Å². The molecular formula is C17H21N3O2. The van der Waals surface area contributed by atoms with E-state index in [1.54, 1.807) is 17.0 Å². The Morgan fingerprint density at radius 3 is 2.77 bits per heavy atom. The van der Waals surface area contributed by atoms with E-state index in [1.165, 1.54) is 30.2 Å². The van der Waals surface area contributed by atoms with Gasteiger partial charge in [-0.05, 0) is 25.0 Å². The van der Waals surface area contributed by atoms with Crippen LogP contribution < -0.4 is 5.56 Å². The maximum atomic E-state index is 12.4. The van der Waals surface area contributed by atoms with Crippen LogP contribution in [0, 0.1) is 0 Å². The lowest BCUT2D eigenvalue weighted by Crippen LogP contribution is -2.41. The Morgan fingerprint density at radius 1 is 1.27 bits per heavy atom. The standard InChI is InChI=1S/C17H21N3O2/c1-19(13-7-3-2-4-8-13)16(21)11-20-12-18-15-10-6-5-9-14(15)17(20)22/h5-6,9-10,12-13H,2-4,7-8,11H2,1H3. The first kappa shape index (κ1) is 14.8. The summed E-state index contributed by atoms with van der Waals surface area (Å²) in [6, 6.07) is 7.52. The number of fused-ring (bicyclic) bond motifs is 1.